The van der Waals surface area contributed by atoms with Crippen LogP contribution < -0.4 is 5.32 Å². The van der Waals surface area contributed by atoms with Crippen LogP contribution in [0.25, 0.3) is 0 Å². The maximum atomic E-state index is 13.0. The lowest BCUT2D eigenvalue weighted by Crippen LogP contribution is -2.20. The second-order valence-corrected chi connectivity index (χ2v) is 5.82. The Bertz CT molecular complexity index is 503. The smallest absolute Gasteiger partial charge is 0.224 e. The van der Waals surface area contributed by atoms with E-state index in [1.165, 1.54) is 25.3 Å². The van der Waals surface area contributed by atoms with E-state index in [2.05, 4.69) is 5.32 Å². The minimum absolute atomic E-state index is 0.0939. The average Bonchev–Trinajstić information content (AvgIpc) is 2.96. The van der Waals surface area contributed by atoms with E-state index in [0.717, 1.165) is 24.5 Å². The van der Waals surface area contributed by atoms with E-state index >= 15 is 0 Å². The van der Waals surface area contributed by atoms with E-state index in [0.29, 0.717) is 23.9 Å². The number of hydrogen-bond donors (Lipinski definition) is 1. The largest absolute Gasteiger partial charge is 0.326 e. The number of rotatable bonds is 3. The fourth-order valence-electron chi connectivity index (χ4n) is 3.65. The van der Waals surface area contributed by atoms with Crippen LogP contribution in [-0.4, -0.2) is 5.91 Å². The van der Waals surface area contributed by atoms with E-state index < -0.39 is 11.6 Å². The minimum atomic E-state index is -0.933. The third-order valence-corrected chi connectivity index (χ3v) is 4.54. The molecule has 0 radical (unpaired) electrons. The normalized spacial score (nSPS) is 28.6. The Morgan fingerprint density at radius 2 is 2.05 bits per heavy atom. The molecule has 2 bridgehead atoms. The first-order valence-corrected chi connectivity index (χ1v) is 6.86. The molecule has 0 heterocycles. The molecule has 2 aliphatic rings. The summed E-state index contributed by atoms with van der Waals surface area (Å²) in [4.78, 5) is 11.9. The van der Waals surface area contributed by atoms with Crippen LogP contribution in [0.1, 0.15) is 32.1 Å². The fraction of sp³-hybridized carbons (Fsp3) is 0.533. The average molecular weight is 265 g/mol. The number of nitrogens with one attached hydrogen (secondary N) is 1. The molecule has 0 saturated heterocycles. The molecule has 2 nitrogen and oxygen atoms in total. The van der Waals surface area contributed by atoms with Crippen molar-refractivity contribution in [3.8, 4) is 0 Å². The molecule has 4 heteroatoms. The molecule has 102 valence electrons. The number of anilines is 1. The lowest BCUT2D eigenvalue weighted by Gasteiger charge is -2.20. The van der Waals surface area contributed by atoms with Gasteiger partial charge in [0.2, 0.25) is 5.91 Å². The molecule has 1 aromatic rings. The predicted octanol–water partition coefficient (Wildman–Crippen LogP) is 3.73. The Hall–Kier alpha value is -1.45. The number of carbonyl (C=O) groups excluding carboxylic acids is 1. The summed E-state index contributed by atoms with van der Waals surface area (Å²) in [5.41, 5.74) is 0.326. The van der Waals surface area contributed by atoms with Gasteiger partial charge in [-0.05, 0) is 49.1 Å². The van der Waals surface area contributed by atoms with Crippen LogP contribution in [0, 0.1) is 29.4 Å². The molecule has 1 amide bonds. The molecular weight excluding hydrogens is 248 g/mol. The summed E-state index contributed by atoms with van der Waals surface area (Å²) in [5.74, 6) is 0.0585. The molecule has 0 aliphatic heterocycles. The predicted molar refractivity (Wildman–Crippen MR) is 68.5 cm³/mol. The third-order valence-electron chi connectivity index (χ3n) is 4.54. The van der Waals surface area contributed by atoms with Gasteiger partial charge in [-0.25, -0.2) is 8.78 Å². The zero-order chi connectivity index (χ0) is 13.4. The highest BCUT2D eigenvalue weighted by Gasteiger charge is 2.40. The highest BCUT2D eigenvalue weighted by molar-refractivity contribution is 5.90. The van der Waals surface area contributed by atoms with Crippen molar-refractivity contribution in [1.29, 1.82) is 0 Å². The number of fused-ring (bicyclic) bond motifs is 2. The zero-order valence-electron chi connectivity index (χ0n) is 10.7. The van der Waals surface area contributed by atoms with Crippen molar-refractivity contribution in [2.45, 2.75) is 32.1 Å². The molecule has 3 rings (SSSR count). The Morgan fingerprint density at radius 3 is 2.68 bits per heavy atom. The molecule has 2 aliphatic carbocycles. The van der Waals surface area contributed by atoms with Gasteiger partial charge >= 0.3 is 0 Å². The lowest BCUT2D eigenvalue weighted by molar-refractivity contribution is -0.117. The van der Waals surface area contributed by atoms with E-state index in [1.54, 1.807) is 0 Å². The number of benzene rings is 1. The van der Waals surface area contributed by atoms with Crippen molar-refractivity contribution in [1.82, 2.24) is 0 Å². The fourth-order valence-corrected chi connectivity index (χ4v) is 3.65. The maximum Gasteiger partial charge on any atom is 0.224 e. The molecule has 3 atom stereocenters. The van der Waals surface area contributed by atoms with Gasteiger partial charge in [0, 0.05) is 18.2 Å². The number of halogens is 2. The van der Waals surface area contributed by atoms with E-state index in [-0.39, 0.29) is 5.91 Å². The topological polar surface area (TPSA) is 29.1 Å². The summed E-state index contributed by atoms with van der Waals surface area (Å²) >= 11 is 0. The summed E-state index contributed by atoms with van der Waals surface area (Å²) in [6, 6.07) is 3.44. The van der Waals surface area contributed by atoms with Crippen molar-refractivity contribution in [3.05, 3.63) is 29.8 Å². The number of carbonyl (C=O) groups is 1. The molecule has 0 unspecified atom stereocenters. The Labute approximate surface area is 111 Å². The van der Waals surface area contributed by atoms with Crippen LogP contribution in [-0.2, 0) is 4.79 Å². The summed E-state index contributed by atoms with van der Waals surface area (Å²) < 4.78 is 25.8. The minimum Gasteiger partial charge on any atom is -0.326 e. The lowest BCUT2D eigenvalue weighted by atomic mass is 9.86. The van der Waals surface area contributed by atoms with E-state index in [4.69, 9.17) is 0 Å². The number of hydrogen-bond acceptors (Lipinski definition) is 1. The summed E-state index contributed by atoms with van der Waals surface area (Å²) in [6.07, 6.45) is 5.47. The highest BCUT2D eigenvalue weighted by Crippen LogP contribution is 2.49. The van der Waals surface area contributed by atoms with Gasteiger partial charge in [0.05, 0.1) is 0 Å². The molecule has 19 heavy (non-hydrogen) atoms. The Balaban J connectivity index is 1.57. The van der Waals surface area contributed by atoms with Crippen molar-refractivity contribution >= 4 is 11.6 Å². The van der Waals surface area contributed by atoms with Crippen LogP contribution in [0.4, 0.5) is 14.5 Å². The molecule has 2 saturated carbocycles. The monoisotopic (exact) mass is 265 g/mol. The van der Waals surface area contributed by atoms with Crippen molar-refractivity contribution in [3.63, 3.8) is 0 Å². The van der Waals surface area contributed by atoms with Crippen molar-refractivity contribution < 1.29 is 13.6 Å². The quantitative estimate of drug-likeness (QED) is 0.886. The van der Waals surface area contributed by atoms with Crippen LogP contribution in [0.3, 0.4) is 0 Å². The highest BCUT2D eigenvalue weighted by atomic mass is 19.2. The SMILES string of the molecule is O=C(C[C@@H]1C[C@@H]2CC[C@@H]1C2)Nc1ccc(F)c(F)c1. The van der Waals surface area contributed by atoms with E-state index in [1.807, 2.05) is 0 Å². The first kappa shape index (κ1) is 12.6. The zero-order valence-corrected chi connectivity index (χ0v) is 10.7. The maximum absolute atomic E-state index is 13.0. The van der Waals surface area contributed by atoms with Gasteiger partial charge in [0.15, 0.2) is 11.6 Å². The Kier molecular flexibility index (Phi) is 3.25. The van der Waals surface area contributed by atoms with Gasteiger partial charge in [-0.15, -0.1) is 0 Å². The second-order valence-electron chi connectivity index (χ2n) is 5.82. The second kappa shape index (κ2) is 4.91. The first-order valence-electron chi connectivity index (χ1n) is 6.86. The van der Waals surface area contributed by atoms with Gasteiger partial charge in [-0.3, -0.25) is 4.79 Å². The summed E-state index contributed by atoms with van der Waals surface area (Å²) in [5, 5.41) is 2.65. The third kappa shape index (κ3) is 2.62. The standard InChI is InChI=1S/C15H17F2NO/c16-13-4-3-12(8-14(13)17)18-15(19)7-11-6-9-1-2-10(11)5-9/h3-4,8-11H,1-2,5-7H2,(H,18,19)/t9-,10-,11+/m1/s1. The van der Waals surface area contributed by atoms with Crippen molar-refractivity contribution in [2.75, 3.05) is 5.32 Å². The van der Waals surface area contributed by atoms with Gasteiger partial charge in [-0.2, -0.15) is 0 Å². The molecule has 0 aromatic heterocycles. The molecular formula is C15H17F2NO. The van der Waals surface area contributed by atoms with Crippen LogP contribution >= 0.6 is 0 Å². The molecule has 1 aromatic carbocycles. The Morgan fingerprint density at radius 1 is 1.21 bits per heavy atom. The van der Waals surface area contributed by atoms with Gasteiger partial charge < -0.3 is 5.32 Å². The molecule has 2 fully saturated rings. The van der Waals surface area contributed by atoms with Gasteiger partial charge in [0.1, 0.15) is 0 Å². The summed E-state index contributed by atoms with van der Waals surface area (Å²) in [7, 11) is 0. The molecule has 0 spiro atoms. The van der Waals surface area contributed by atoms with Crippen LogP contribution in [0.2, 0.25) is 0 Å². The molecule has 1 N–H and O–H groups in total. The van der Waals surface area contributed by atoms with Gasteiger partial charge in [-0.1, -0.05) is 6.42 Å². The van der Waals surface area contributed by atoms with Crippen LogP contribution in [0.15, 0.2) is 18.2 Å². The number of amides is 1. The van der Waals surface area contributed by atoms with E-state index in [9.17, 15) is 13.6 Å². The van der Waals surface area contributed by atoms with Gasteiger partial charge in [0.25, 0.3) is 0 Å². The summed E-state index contributed by atoms with van der Waals surface area (Å²) in [6.45, 7) is 0. The van der Waals surface area contributed by atoms with Crippen LogP contribution in [0.5, 0.6) is 0 Å². The van der Waals surface area contributed by atoms with Crippen molar-refractivity contribution in [2.24, 2.45) is 17.8 Å². The first-order chi connectivity index (χ1) is 9.11.